The summed E-state index contributed by atoms with van der Waals surface area (Å²) in [6.07, 6.45) is 7.70. The second kappa shape index (κ2) is 12.2. The number of hydrogen-bond donors (Lipinski definition) is 0. The SMILES string of the molecule is CCCCCSC1=C(SCCC#N)SC(=C2Sc3cn(S(=O)(=O)c4ccc(C)cc4)cc3S2)S1. The molecule has 0 fully saturated rings. The van der Waals surface area contributed by atoms with Gasteiger partial charge in [0.1, 0.15) is 0 Å². The molecule has 2 aromatic rings. The first kappa shape index (κ1) is 26.6. The zero-order chi connectivity index (χ0) is 24.1. The van der Waals surface area contributed by atoms with E-state index >= 15 is 0 Å². The van der Waals surface area contributed by atoms with E-state index in [9.17, 15) is 8.42 Å². The molecule has 3 heterocycles. The molecule has 0 N–H and O–H groups in total. The van der Waals surface area contributed by atoms with Crippen molar-refractivity contribution in [1.29, 1.82) is 5.26 Å². The van der Waals surface area contributed by atoms with E-state index in [4.69, 9.17) is 5.26 Å². The summed E-state index contributed by atoms with van der Waals surface area (Å²) in [6, 6.07) is 9.20. The van der Waals surface area contributed by atoms with E-state index in [0.717, 1.165) is 26.9 Å². The van der Waals surface area contributed by atoms with Crippen molar-refractivity contribution in [3.05, 3.63) is 59.2 Å². The number of thioether (sulfide) groups is 6. The third-order valence-corrected chi connectivity index (χ3v) is 15.1. The predicted octanol–water partition coefficient (Wildman–Crippen LogP) is 8.53. The molecule has 2 aliphatic rings. The normalized spacial score (nSPS) is 15.8. The molecule has 4 nitrogen and oxygen atoms in total. The molecule has 0 atom stereocenters. The van der Waals surface area contributed by atoms with Crippen LogP contribution in [0.3, 0.4) is 0 Å². The quantitative estimate of drug-likeness (QED) is 0.256. The van der Waals surface area contributed by atoms with Gasteiger partial charge in [-0.05, 0) is 31.2 Å². The average molecular weight is 585 g/mol. The minimum atomic E-state index is -3.59. The zero-order valence-electron chi connectivity index (χ0n) is 18.8. The van der Waals surface area contributed by atoms with Gasteiger partial charge in [0, 0.05) is 34.4 Å². The summed E-state index contributed by atoms with van der Waals surface area (Å²) in [7, 11) is -3.59. The first-order chi connectivity index (χ1) is 16.4. The fraction of sp³-hybridized carbons (Fsp3) is 0.348. The minimum absolute atomic E-state index is 0.301. The van der Waals surface area contributed by atoms with Crippen LogP contribution in [-0.2, 0) is 10.0 Å². The summed E-state index contributed by atoms with van der Waals surface area (Å²) in [5.74, 6) is 1.92. The Bertz CT molecular complexity index is 1230. The van der Waals surface area contributed by atoms with Crippen LogP contribution >= 0.6 is 70.6 Å². The van der Waals surface area contributed by atoms with Crippen LogP contribution in [0.25, 0.3) is 0 Å². The van der Waals surface area contributed by atoms with Crippen molar-refractivity contribution in [3.63, 3.8) is 0 Å². The minimum Gasteiger partial charge on any atom is -0.247 e. The predicted molar refractivity (Wildman–Crippen MR) is 154 cm³/mol. The van der Waals surface area contributed by atoms with E-state index in [1.54, 1.807) is 71.6 Å². The van der Waals surface area contributed by atoms with Crippen LogP contribution in [0.15, 0.2) is 68.3 Å². The van der Waals surface area contributed by atoms with Crippen molar-refractivity contribution < 1.29 is 8.42 Å². The standard InChI is InChI=1S/C23H24N2O2S7/c1-3-4-5-12-28-20-21(29-13-6-11-24)33-23(32-20)22-30-18-14-25(15-19(18)31-22)34(26,27)17-9-7-16(2)8-10-17/h7-10,14-15H,3-6,12-13H2,1-2H3. The highest BCUT2D eigenvalue weighted by atomic mass is 32.3. The molecule has 1 aromatic carbocycles. The smallest absolute Gasteiger partial charge is 0.247 e. The number of fused-ring (bicyclic) bond motifs is 1. The van der Waals surface area contributed by atoms with E-state index in [2.05, 4.69) is 13.0 Å². The van der Waals surface area contributed by atoms with Crippen molar-refractivity contribution in [2.24, 2.45) is 0 Å². The van der Waals surface area contributed by atoms with Crippen LogP contribution in [-0.4, -0.2) is 23.9 Å². The molecule has 0 radical (unpaired) electrons. The highest BCUT2D eigenvalue weighted by molar-refractivity contribution is 8.42. The molecule has 34 heavy (non-hydrogen) atoms. The summed E-state index contributed by atoms with van der Waals surface area (Å²) in [5, 5.41) is 8.91. The van der Waals surface area contributed by atoms with Gasteiger partial charge >= 0.3 is 0 Å². The summed E-state index contributed by atoms with van der Waals surface area (Å²) in [4.78, 5) is 2.26. The summed E-state index contributed by atoms with van der Waals surface area (Å²) < 4.78 is 32.5. The summed E-state index contributed by atoms with van der Waals surface area (Å²) in [6.45, 7) is 4.16. The Kier molecular flexibility index (Phi) is 9.52. The van der Waals surface area contributed by atoms with Crippen LogP contribution in [0, 0.1) is 18.3 Å². The average Bonchev–Trinajstić information content (AvgIpc) is 3.51. The monoisotopic (exact) mass is 584 g/mol. The fourth-order valence-corrected chi connectivity index (χ4v) is 13.0. The number of aryl methyl sites for hydroxylation is 1. The lowest BCUT2D eigenvalue weighted by Gasteiger charge is -2.07. The van der Waals surface area contributed by atoms with Crippen LogP contribution in [0.2, 0.25) is 0 Å². The lowest BCUT2D eigenvalue weighted by Crippen LogP contribution is -2.10. The van der Waals surface area contributed by atoms with Crippen LogP contribution < -0.4 is 0 Å². The lowest BCUT2D eigenvalue weighted by molar-refractivity contribution is 0.587. The molecule has 2 aliphatic heterocycles. The largest absolute Gasteiger partial charge is 0.267 e. The molecule has 0 bridgehead atoms. The molecular formula is C23H24N2O2S7. The number of hydrogen-bond acceptors (Lipinski definition) is 9. The molecule has 0 saturated heterocycles. The Labute approximate surface area is 227 Å². The van der Waals surface area contributed by atoms with Gasteiger partial charge in [0.25, 0.3) is 10.0 Å². The Morgan fingerprint density at radius 1 is 0.912 bits per heavy atom. The van der Waals surface area contributed by atoms with Crippen LogP contribution in [0.4, 0.5) is 0 Å². The van der Waals surface area contributed by atoms with Crippen molar-refractivity contribution >= 4 is 80.6 Å². The van der Waals surface area contributed by atoms with Gasteiger partial charge in [0.05, 0.1) is 27.9 Å². The molecule has 0 spiro atoms. The van der Waals surface area contributed by atoms with Gasteiger partial charge < -0.3 is 0 Å². The van der Waals surface area contributed by atoms with Crippen LogP contribution in [0.1, 0.15) is 38.2 Å². The van der Waals surface area contributed by atoms with E-state index < -0.39 is 10.0 Å². The van der Waals surface area contributed by atoms with Crippen molar-refractivity contribution in [3.8, 4) is 6.07 Å². The van der Waals surface area contributed by atoms with Gasteiger partial charge in [-0.15, -0.1) is 23.5 Å². The highest BCUT2D eigenvalue weighted by Gasteiger charge is 2.31. The Balaban J connectivity index is 1.47. The third kappa shape index (κ3) is 6.25. The second-order valence-corrected chi connectivity index (χ2v) is 16.7. The maximum absolute atomic E-state index is 13.0. The summed E-state index contributed by atoms with van der Waals surface area (Å²) in [5.41, 5.74) is 1.03. The Morgan fingerprint density at radius 3 is 2.09 bits per heavy atom. The Hall–Kier alpha value is -0.480. The van der Waals surface area contributed by atoms with Crippen molar-refractivity contribution in [2.45, 2.75) is 54.2 Å². The number of nitrogens with zero attached hydrogens (tertiary/aromatic N) is 2. The highest BCUT2D eigenvalue weighted by Crippen LogP contribution is 2.64. The van der Waals surface area contributed by atoms with Crippen LogP contribution in [0.5, 0.6) is 0 Å². The van der Waals surface area contributed by atoms with Crippen molar-refractivity contribution in [1.82, 2.24) is 3.97 Å². The second-order valence-electron chi connectivity index (χ2n) is 7.50. The first-order valence-corrected chi connectivity index (χ1v) is 17.5. The lowest BCUT2D eigenvalue weighted by atomic mass is 10.2. The number of rotatable bonds is 10. The van der Waals surface area contributed by atoms with E-state index in [-0.39, 0.29) is 0 Å². The maximum Gasteiger partial charge on any atom is 0.267 e. The maximum atomic E-state index is 13.0. The zero-order valence-corrected chi connectivity index (χ0v) is 24.5. The fourth-order valence-electron chi connectivity index (χ4n) is 3.06. The van der Waals surface area contributed by atoms with E-state index in [1.807, 2.05) is 42.6 Å². The number of aromatic nitrogens is 1. The molecule has 0 amide bonds. The van der Waals surface area contributed by atoms with Gasteiger partial charge in [0.15, 0.2) is 0 Å². The molecule has 4 rings (SSSR count). The topological polar surface area (TPSA) is 62.9 Å². The molecule has 0 saturated carbocycles. The number of unbranched alkanes of at least 4 members (excludes halogenated alkanes) is 2. The van der Waals surface area contributed by atoms with Gasteiger partial charge in [-0.3, -0.25) is 0 Å². The summed E-state index contributed by atoms with van der Waals surface area (Å²) >= 11 is 10.6. The molecule has 180 valence electrons. The third-order valence-electron chi connectivity index (χ3n) is 4.87. The Morgan fingerprint density at radius 2 is 1.50 bits per heavy atom. The van der Waals surface area contributed by atoms with E-state index in [0.29, 0.717) is 11.3 Å². The van der Waals surface area contributed by atoms with Crippen molar-refractivity contribution in [2.75, 3.05) is 11.5 Å². The molecular weight excluding hydrogens is 561 g/mol. The first-order valence-electron chi connectivity index (χ1n) is 10.8. The number of nitriles is 1. The van der Waals surface area contributed by atoms with Gasteiger partial charge in [-0.25, -0.2) is 12.4 Å². The molecule has 1 aromatic heterocycles. The molecule has 0 aliphatic carbocycles. The van der Waals surface area contributed by atoms with Gasteiger partial charge in [-0.1, -0.05) is 84.5 Å². The van der Waals surface area contributed by atoms with E-state index in [1.165, 1.54) is 40.2 Å². The molecule has 11 heteroatoms. The molecule has 0 unspecified atom stereocenters. The number of benzene rings is 1. The van der Waals surface area contributed by atoms with Gasteiger partial charge in [-0.2, -0.15) is 5.26 Å². The van der Waals surface area contributed by atoms with Gasteiger partial charge in [0.2, 0.25) is 0 Å².